The number of carbonyl (C=O) groups excluding carboxylic acids is 1. The Labute approximate surface area is 116 Å². The smallest absolute Gasteiger partial charge is 0.302 e. The van der Waals surface area contributed by atoms with Crippen LogP contribution < -0.4 is 0 Å². The zero-order valence-corrected chi connectivity index (χ0v) is 12.8. The zero-order chi connectivity index (χ0) is 15.3. The van der Waals surface area contributed by atoms with E-state index in [1.165, 1.54) is 6.92 Å². The van der Waals surface area contributed by atoms with E-state index in [0.717, 1.165) is 0 Å². The van der Waals surface area contributed by atoms with E-state index in [-0.39, 0.29) is 24.3 Å². The van der Waals surface area contributed by atoms with E-state index in [0.29, 0.717) is 19.8 Å². The van der Waals surface area contributed by atoms with Gasteiger partial charge in [0.15, 0.2) is 0 Å². The third-order valence-corrected chi connectivity index (χ3v) is 1.95. The van der Waals surface area contributed by atoms with Gasteiger partial charge in [-0.15, -0.1) is 0 Å². The van der Waals surface area contributed by atoms with E-state index < -0.39 is 0 Å². The molecule has 0 aromatic heterocycles. The molecule has 3 unspecified atom stereocenters. The monoisotopic (exact) mass is 280 g/mol. The number of ether oxygens (including phenoxy) is 4. The maximum Gasteiger partial charge on any atom is 0.302 e. The van der Waals surface area contributed by atoms with Gasteiger partial charge in [-0.3, -0.25) is 4.79 Å². The minimum Gasteiger partial charge on any atom is -0.463 e. The van der Waals surface area contributed by atoms with Crippen LogP contribution in [0.1, 0.15) is 27.7 Å². The fraction of sp³-hybridized carbons (Fsp3) is 0.923. The van der Waals surface area contributed by atoms with Crippen LogP contribution in [0.4, 0.5) is 0 Å². The number of rotatable bonds is 8. The second-order valence-corrected chi connectivity index (χ2v) is 4.30. The maximum absolute atomic E-state index is 10.4. The van der Waals surface area contributed by atoms with Crippen LogP contribution in [0.15, 0.2) is 0 Å². The van der Waals surface area contributed by atoms with Crippen molar-refractivity contribution in [1.29, 1.82) is 0 Å². The molecule has 0 aliphatic rings. The molecule has 0 aliphatic heterocycles. The molecule has 0 heterocycles. The predicted octanol–water partition coefficient (Wildman–Crippen LogP) is 1.00. The zero-order valence-electron chi connectivity index (χ0n) is 12.8. The molecule has 0 radical (unpaired) electrons. The minimum atomic E-state index is -0.324. The molecule has 0 spiro atoms. The molecule has 19 heavy (non-hydrogen) atoms. The molecule has 0 rings (SSSR count). The van der Waals surface area contributed by atoms with Crippen molar-refractivity contribution in [3.8, 4) is 0 Å². The fourth-order valence-corrected chi connectivity index (χ4v) is 0.892. The lowest BCUT2D eigenvalue weighted by Crippen LogP contribution is -2.23. The molecular weight excluding hydrogens is 252 g/mol. The third-order valence-electron chi connectivity index (χ3n) is 1.95. The predicted molar refractivity (Wildman–Crippen MR) is 72.1 cm³/mol. The van der Waals surface area contributed by atoms with E-state index >= 15 is 0 Å². The van der Waals surface area contributed by atoms with Crippen LogP contribution in [0, 0.1) is 0 Å². The lowest BCUT2D eigenvalue weighted by atomic mass is 10.4. The Kier molecular flexibility index (Phi) is 14.9. The number of carbonyl (C=O) groups is 1. The second-order valence-electron chi connectivity index (χ2n) is 4.30. The molecule has 0 saturated heterocycles. The largest absolute Gasteiger partial charge is 0.463 e. The number of aliphatic hydroxyl groups is 1. The highest BCUT2D eigenvalue weighted by Crippen LogP contribution is 1.96. The quantitative estimate of drug-likeness (QED) is 0.669. The first-order valence-electron chi connectivity index (χ1n) is 6.28. The van der Waals surface area contributed by atoms with Crippen molar-refractivity contribution in [1.82, 2.24) is 0 Å². The highest BCUT2D eigenvalue weighted by atomic mass is 16.6. The lowest BCUT2D eigenvalue weighted by molar-refractivity contribution is -0.145. The van der Waals surface area contributed by atoms with Crippen molar-refractivity contribution >= 4 is 5.97 Å². The summed E-state index contributed by atoms with van der Waals surface area (Å²) in [6.07, 6.45) is -0.337. The summed E-state index contributed by atoms with van der Waals surface area (Å²) in [6.45, 7) is 8.07. The van der Waals surface area contributed by atoms with E-state index in [1.807, 2.05) is 13.8 Å². The van der Waals surface area contributed by atoms with Gasteiger partial charge in [-0.1, -0.05) is 0 Å². The summed E-state index contributed by atoms with van der Waals surface area (Å²) in [5.74, 6) is -0.282. The van der Waals surface area contributed by atoms with Gasteiger partial charge in [0.25, 0.3) is 0 Å². The third kappa shape index (κ3) is 19.8. The summed E-state index contributed by atoms with van der Waals surface area (Å²) in [7, 11) is 3.19. The first-order valence-corrected chi connectivity index (χ1v) is 6.28. The first-order chi connectivity index (χ1) is 8.83. The van der Waals surface area contributed by atoms with Crippen LogP contribution in [0.5, 0.6) is 0 Å². The van der Waals surface area contributed by atoms with Gasteiger partial charge in [0.2, 0.25) is 0 Å². The van der Waals surface area contributed by atoms with Crippen molar-refractivity contribution in [2.24, 2.45) is 0 Å². The van der Waals surface area contributed by atoms with E-state index in [2.05, 4.69) is 4.74 Å². The summed E-state index contributed by atoms with van der Waals surface area (Å²) < 4.78 is 19.7. The maximum atomic E-state index is 10.4. The van der Waals surface area contributed by atoms with Crippen LogP contribution in [-0.2, 0) is 23.7 Å². The molecule has 0 fully saturated rings. The van der Waals surface area contributed by atoms with E-state index in [1.54, 1.807) is 21.1 Å². The molecule has 3 atom stereocenters. The Balaban J connectivity index is 0. The molecule has 0 aromatic carbocycles. The molecule has 116 valence electrons. The molecule has 0 aromatic rings. The molecule has 6 nitrogen and oxygen atoms in total. The summed E-state index contributed by atoms with van der Waals surface area (Å²) in [5, 5.41) is 8.43. The van der Waals surface area contributed by atoms with Gasteiger partial charge in [-0.05, 0) is 20.8 Å². The van der Waals surface area contributed by atoms with Crippen LogP contribution in [0.3, 0.4) is 0 Å². The number of esters is 1. The van der Waals surface area contributed by atoms with Crippen LogP contribution in [0.2, 0.25) is 0 Å². The first kappa shape index (κ1) is 20.6. The second kappa shape index (κ2) is 13.7. The summed E-state index contributed by atoms with van der Waals surface area (Å²) in [6, 6.07) is 0. The molecule has 6 heteroatoms. The molecule has 0 amide bonds. The van der Waals surface area contributed by atoms with Gasteiger partial charge in [0.1, 0.15) is 6.61 Å². The Bertz CT molecular complexity index is 207. The van der Waals surface area contributed by atoms with Crippen molar-refractivity contribution in [3.63, 3.8) is 0 Å². The van der Waals surface area contributed by atoms with Gasteiger partial charge < -0.3 is 24.1 Å². The Morgan fingerprint density at radius 3 is 1.95 bits per heavy atom. The average molecular weight is 280 g/mol. The van der Waals surface area contributed by atoms with Gasteiger partial charge in [0.05, 0.1) is 31.5 Å². The normalized spacial score (nSPS) is 14.9. The summed E-state index contributed by atoms with van der Waals surface area (Å²) in [5.41, 5.74) is 0. The average Bonchev–Trinajstić information content (AvgIpc) is 2.33. The van der Waals surface area contributed by atoms with Crippen LogP contribution >= 0.6 is 0 Å². The Morgan fingerprint density at radius 2 is 1.63 bits per heavy atom. The van der Waals surface area contributed by atoms with Gasteiger partial charge in [-0.25, -0.2) is 0 Å². The number of hydrogen-bond acceptors (Lipinski definition) is 6. The number of methoxy groups -OCH3 is 2. The number of hydrogen-bond donors (Lipinski definition) is 1. The molecule has 1 N–H and O–H groups in total. The van der Waals surface area contributed by atoms with Crippen molar-refractivity contribution in [2.75, 3.05) is 34.0 Å². The number of aliphatic hydroxyl groups excluding tert-OH is 1. The van der Waals surface area contributed by atoms with E-state index in [9.17, 15) is 4.79 Å². The fourth-order valence-electron chi connectivity index (χ4n) is 0.892. The van der Waals surface area contributed by atoms with Crippen molar-refractivity contribution < 1.29 is 28.8 Å². The SMILES string of the molecule is COC(C)COC(C)COC(C)=O.COCC(C)O. The van der Waals surface area contributed by atoms with Crippen LogP contribution in [0.25, 0.3) is 0 Å². The molecule has 0 bridgehead atoms. The molecule has 0 aliphatic carbocycles. The van der Waals surface area contributed by atoms with Gasteiger partial charge in [-0.2, -0.15) is 0 Å². The van der Waals surface area contributed by atoms with E-state index in [4.69, 9.17) is 19.3 Å². The highest BCUT2D eigenvalue weighted by Gasteiger charge is 2.06. The minimum absolute atomic E-state index is 0.0692. The Hall–Kier alpha value is -0.690. The topological polar surface area (TPSA) is 74.2 Å². The molecular formula is C13H28O6. The van der Waals surface area contributed by atoms with Gasteiger partial charge >= 0.3 is 5.97 Å². The lowest BCUT2D eigenvalue weighted by Gasteiger charge is -2.15. The summed E-state index contributed by atoms with van der Waals surface area (Å²) >= 11 is 0. The van der Waals surface area contributed by atoms with Gasteiger partial charge in [0, 0.05) is 21.1 Å². The Morgan fingerprint density at radius 1 is 1.05 bits per heavy atom. The van der Waals surface area contributed by atoms with Crippen LogP contribution in [-0.4, -0.2) is 63.4 Å². The molecule has 0 saturated carbocycles. The van der Waals surface area contributed by atoms with Crippen molar-refractivity contribution in [3.05, 3.63) is 0 Å². The summed E-state index contributed by atoms with van der Waals surface area (Å²) in [4.78, 5) is 10.4. The van der Waals surface area contributed by atoms with Crippen molar-refractivity contribution in [2.45, 2.75) is 46.0 Å². The highest BCUT2D eigenvalue weighted by molar-refractivity contribution is 5.65. The standard InChI is InChI=1S/C9H18O4.C4H10O2/c1-7(11-4)5-12-8(2)6-13-9(3)10;1-4(5)3-6-2/h7-8H,5-6H2,1-4H3;4-5H,3H2,1-2H3.